The van der Waals surface area contributed by atoms with E-state index in [-0.39, 0.29) is 5.54 Å². The number of benzene rings is 1. The minimum Gasteiger partial charge on any atom is -0.377 e. The normalized spacial score (nSPS) is 19.1. The van der Waals surface area contributed by atoms with E-state index < -0.39 is 11.7 Å². The maximum Gasteiger partial charge on any atom is 0.416 e. The van der Waals surface area contributed by atoms with Gasteiger partial charge in [-0.1, -0.05) is 0 Å². The second kappa shape index (κ2) is 4.98. The molecular formula is C13H16BrF3N2. The molecule has 106 valence electrons. The van der Waals surface area contributed by atoms with Crippen molar-refractivity contribution in [3.63, 3.8) is 0 Å². The van der Waals surface area contributed by atoms with Gasteiger partial charge < -0.3 is 11.1 Å². The highest BCUT2D eigenvalue weighted by Crippen LogP contribution is 2.42. The van der Waals surface area contributed by atoms with Crippen LogP contribution in [0.4, 0.5) is 18.9 Å². The van der Waals surface area contributed by atoms with Crippen LogP contribution in [0.5, 0.6) is 0 Å². The Balaban J connectivity index is 2.22. The van der Waals surface area contributed by atoms with Gasteiger partial charge in [0, 0.05) is 22.2 Å². The fourth-order valence-electron chi connectivity index (χ4n) is 2.14. The van der Waals surface area contributed by atoms with Crippen molar-refractivity contribution in [2.45, 2.75) is 31.5 Å². The predicted molar refractivity (Wildman–Crippen MR) is 73.0 cm³/mol. The van der Waals surface area contributed by atoms with Crippen LogP contribution in [0.3, 0.4) is 0 Å². The van der Waals surface area contributed by atoms with Crippen molar-refractivity contribution in [3.05, 3.63) is 28.2 Å². The van der Waals surface area contributed by atoms with Crippen molar-refractivity contribution >= 4 is 21.6 Å². The molecule has 2 nitrogen and oxygen atoms in total. The van der Waals surface area contributed by atoms with Gasteiger partial charge >= 0.3 is 6.18 Å². The summed E-state index contributed by atoms with van der Waals surface area (Å²) in [6.07, 6.45) is -2.10. The molecule has 0 radical (unpaired) electrons. The third-order valence-corrected chi connectivity index (χ3v) is 4.28. The van der Waals surface area contributed by atoms with Gasteiger partial charge in [-0.15, -0.1) is 0 Å². The lowest BCUT2D eigenvalue weighted by Gasteiger charge is -2.31. The molecule has 1 saturated carbocycles. The average Bonchev–Trinajstić information content (AvgIpc) is 3.14. The van der Waals surface area contributed by atoms with Crippen molar-refractivity contribution in [3.8, 4) is 0 Å². The third kappa shape index (κ3) is 3.23. The van der Waals surface area contributed by atoms with E-state index in [2.05, 4.69) is 21.2 Å². The first kappa shape index (κ1) is 14.7. The summed E-state index contributed by atoms with van der Waals surface area (Å²) >= 11 is 3.19. The van der Waals surface area contributed by atoms with E-state index in [1.165, 1.54) is 6.07 Å². The van der Waals surface area contributed by atoms with Crippen molar-refractivity contribution in [2.75, 3.05) is 11.9 Å². The standard InChI is InChI=1S/C13H16BrF3N2/c1-12(7-18,8-2-3-8)19-11-5-4-9(6-10(11)14)13(15,16)17/h4-6,8,19H,2-3,7,18H2,1H3. The lowest BCUT2D eigenvalue weighted by Crippen LogP contribution is -2.44. The second-order valence-electron chi connectivity index (χ2n) is 5.21. The van der Waals surface area contributed by atoms with Crippen LogP contribution in [0.2, 0.25) is 0 Å². The fourth-order valence-corrected chi connectivity index (χ4v) is 2.62. The summed E-state index contributed by atoms with van der Waals surface area (Å²) in [6, 6.07) is 3.62. The Labute approximate surface area is 118 Å². The van der Waals surface area contributed by atoms with Gasteiger partial charge in [-0.3, -0.25) is 0 Å². The van der Waals surface area contributed by atoms with Gasteiger partial charge in [-0.2, -0.15) is 13.2 Å². The lowest BCUT2D eigenvalue weighted by molar-refractivity contribution is -0.137. The molecule has 0 spiro atoms. The van der Waals surface area contributed by atoms with Gasteiger partial charge in [-0.25, -0.2) is 0 Å². The molecule has 0 aliphatic heterocycles. The SMILES string of the molecule is CC(CN)(Nc1ccc(C(F)(F)F)cc1Br)C1CC1. The first-order chi connectivity index (χ1) is 8.76. The number of nitrogens with one attached hydrogen (secondary N) is 1. The van der Waals surface area contributed by atoms with Gasteiger partial charge in [0.15, 0.2) is 0 Å². The lowest BCUT2D eigenvalue weighted by atomic mass is 9.95. The van der Waals surface area contributed by atoms with Crippen LogP contribution in [0.15, 0.2) is 22.7 Å². The van der Waals surface area contributed by atoms with E-state index in [1.54, 1.807) is 0 Å². The van der Waals surface area contributed by atoms with Crippen molar-refractivity contribution in [1.82, 2.24) is 0 Å². The quantitative estimate of drug-likeness (QED) is 0.871. The minimum atomic E-state index is -4.32. The zero-order valence-electron chi connectivity index (χ0n) is 10.5. The van der Waals surface area contributed by atoms with Crippen LogP contribution in [0.25, 0.3) is 0 Å². The third-order valence-electron chi connectivity index (χ3n) is 3.62. The van der Waals surface area contributed by atoms with Crippen LogP contribution in [0.1, 0.15) is 25.3 Å². The molecule has 1 aromatic carbocycles. The van der Waals surface area contributed by atoms with Gasteiger partial charge in [0.1, 0.15) is 0 Å². The van der Waals surface area contributed by atoms with Crippen LogP contribution in [0, 0.1) is 5.92 Å². The average molecular weight is 337 g/mol. The monoisotopic (exact) mass is 336 g/mol. The molecular weight excluding hydrogens is 321 g/mol. The summed E-state index contributed by atoms with van der Waals surface area (Å²) in [7, 11) is 0. The van der Waals surface area contributed by atoms with Crippen molar-refractivity contribution < 1.29 is 13.2 Å². The highest BCUT2D eigenvalue weighted by molar-refractivity contribution is 9.10. The van der Waals surface area contributed by atoms with E-state index >= 15 is 0 Å². The van der Waals surface area contributed by atoms with Gasteiger partial charge in [0.05, 0.1) is 5.56 Å². The molecule has 0 saturated heterocycles. The Hall–Kier alpha value is -0.750. The molecule has 1 aliphatic rings. The Bertz CT molecular complexity index is 471. The molecule has 0 amide bonds. The molecule has 3 N–H and O–H groups in total. The molecule has 0 bridgehead atoms. The number of nitrogens with two attached hydrogens (primary N) is 1. The number of hydrogen-bond donors (Lipinski definition) is 2. The summed E-state index contributed by atoms with van der Waals surface area (Å²) in [5.74, 6) is 0.492. The van der Waals surface area contributed by atoms with Gasteiger partial charge in [0.2, 0.25) is 0 Å². The first-order valence-corrected chi connectivity index (χ1v) is 6.90. The summed E-state index contributed by atoms with van der Waals surface area (Å²) in [6.45, 7) is 2.46. The second-order valence-corrected chi connectivity index (χ2v) is 6.07. The Kier molecular flexibility index (Phi) is 3.84. The molecule has 0 heterocycles. The zero-order valence-corrected chi connectivity index (χ0v) is 12.1. The Morgan fingerprint density at radius 2 is 2.00 bits per heavy atom. The molecule has 1 aromatic rings. The molecule has 1 unspecified atom stereocenters. The van der Waals surface area contributed by atoms with Crippen molar-refractivity contribution in [2.24, 2.45) is 11.7 Å². The maximum atomic E-state index is 12.6. The van der Waals surface area contributed by atoms with E-state index in [0.717, 1.165) is 25.0 Å². The van der Waals surface area contributed by atoms with Crippen LogP contribution in [-0.2, 0) is 6.18 Å². The maximum absolute atomic E-state index is 12.6. The Morgan fingerprint density at radius 1 is 1.37 bits per heavy atom. The summed E-state index contributed by atoms with van der Waals surface area (Å²) in [4.78, 5) is 0. The topological polar surface area (TPSA) is 38.0 Å². The number of hydrogen-bond acceptors (Lipinski definition) is 2. The van der Waals surface area contributed by atoms with Crippen molar-refractivity contribution in [1.29, 1.82) is 0 Å². The van der Waals surface area contributed by atoms with Crippen LogP contribution < -0.4 is 11.1 Å². The molecule has 1 aliphatic carbocycles. The molecule has 6 heteroatoms. The number of anilines is 1. The first-order valence-electron chi connectivity index (χ1n) is 6.11. The highest BCUT2D eigenvalue weighted by atomic mass is 79.9. The van der Waals surface area contributed by atoms with E-state index in [0.29, 0.717) is 22.6 Å². The largest absolute Gasteiger partial charge is 0.416 e. The minimum absolute atomic E-state index is 0.262. The van der Waals surface area contributed by atoms with Gasteiger partial charge in [0.25, 0.3) is 0 Å². The van der Waals surface area contributed by atoms with E-state index in [9.17, 15) is 13.2 Å². The van der Waals surface area contributed by atoms with Crippen LogP contribution >= 0.6 is 15.9 Å². The summed E-state index contributed by atoms with van der Waals surface area (Å²) in [5.41, 5.74) is 5.51. The highest BCUT2D eigenvalue weighted by Gasteiger charge is 2.41. The Morgan fingerprint density at radius 3 is 2.42 bits per heavy atom. The van der Waals surface area contributed by atoms with Crippen LogP contribution in [-0.4, -0.2) is 12.1 Å². The van der Waals surface area contributed by atoms with Gasteiger partial charge in [-0.05, 0) is 59.8 Å². The number of halogens is 4. The van der Waals surface area contributed by atoms with E-state index in [1.807, 2.05) is 6.92 Å². The summed E-state index contributed by atoms with van der Waals surface area (Å²) < 4.78 is 38.1. The zero-order chi connectivity index (χ0) is 14.3. The van der Waals surface area contributed by atoms with E-state index in [4.69, 9.17) is 5.73 Å². The molecule has 1 atom stereocenters. The molecule has 2 rings (SSSR count). The fraction of sp³-hybridized carbons (Fsp3) is 0.538. The summed E-state index contributed by atoms with van der Waals surface area (Å²) in [5, 5.41) is 3.27. The number of alkyl halides is 3. The molecule has 0 aromatic heterocycles. The number of rotatable bonds is 4. The smallest absolute Gasteiger partial charge is 0.377 e. The predicted octanol–water partition coefficient (Wildman–Crippen LogP) is 4.01. The molecule has 19 heavy (non-hydrogen) atoms. The molecule has 1 fully saturated rings.